The summed E-state index contributed by atoms with van der Waals surface area (Å²) in [5.74, 6) is -0.298. The van der Waals surface area contributed by atoms with Gasteiger partial charge in [-0.1, -0.05) is 48.9 Å². The first-order chi connectivity index (χ1) is 9.66. The number of carbonyl (C=O) groups excluding carboxylic acids is 1. The van der Waals surface area contributed by atoms with Gasteiger partial charge in [0, 0.05) is 17.3 Å². The molecule has 0 amide bonds. The van der Waals surface area contributed by atoms with Crippen molar-refractivity contribution >= 4 is 11.9 Å². The molecule has 1 fully saturated rings. The van der Waals surface area contributed by atoms with Crippen LogP contribution in [0.15, 0.2) is 36.4 Å². The fourth-order valence-corrected chi connectivity index (χ4v) is 2.76. The van der Waals surface area contributed by atoms with Crippen LogP contribution in [0, 0.1) is 22.0 Å². The van der Waals surface area contributed by atoms with Gasteiger partial charge in [0.15, 0.2) is 0 Å². The van der Waals surface area contributed by atoms with Crippen LogP contribution in [0.3, 0.4) is 0 Å². The first-order valence-corrected chi connectivity index (χ1v) is 7.04. The van der Waals surface area contributed by atoms with Crippen molar-refractivity contribution in [2.75, 3.05) is 6.54 Å². The number of hydrogen-bond donors (Lipinski definition) is 0. The Labute approximate surface area is 118 Å². The van der Waals surface area contributed by atoms with Crippen molar-refractivity contribution in [1.29, 1.82) is 0 Å². The molecule has 2 rings (SSSR count). The first kappa shape index (κ1) is 14.4. The molecule has 4 nitrogen and oxygen atoms in total. The second kappa shape index (κ2) is 6.98. The molecule has 0 radical (unpaired) electrons. The maximum Gasteiger partial charge on any atom is 0.210 e. The van der Waals surface area contributed by atoms with E-state index in [1.807, 2.05) is 42.5 Å². The van der Waals surface area contributed by atoms with E-state index in [1.54, 1.807) is 0 Å². The number of hydrogen-bond acceptors (Lipinski definition) is 3. The second-order valence-electron chi connectivity index (χ2n) is 5.27. The molecule has 0 aromatic heterocycles. The highest BCUT2D eigenvalue weighted by atomic mass is 16.6. The largest absolute Gasteiger partial charge is 0.299 e. The highest BCUT2D eigenvalue weighted by Gasteiger charge is 2.31. The van der Waals surface area contributed by atoms with E-state index < -0.39 is 0 Å². The predicted molar refractivity (Wildman–Crippen MR) is 77.8 cm³/mol. The van der Waals surface area contributed by atoms with Crippen molar-refractivity contribution in [2.24, 2.45) is 11.8 Å². The van der Waals surface area contributed by atoms with Gasteiger partial charge in [0.2, 0.25) is 6.54 Å². The van der Waals surface area contributed by atoms with Gasteiger partial charge >= 0.3 is 0 Å². The quantitative estimate of drug-likeness (QED) is 0.610. The third kappa shape index (κ3) is 4.02. The molecule has 106 valence electrons. The normalized spacial score (nSPS) is 21.0. The van der Waals surface area contributed by atoms with Gasteiger partial charge in [-0.2, -0.15) is 0 Å². The average Bonchev–Trinajstić information content (AvgIpc) is 2.45. The zero-order chi connectivity index (χ0) is 14.4. The molecule has 0 N–H and O–H groups in total. The lowest BCUT2D eigenvalue weighted by Crippen LogP contribution is -2.30. The molecular weight excluding hydrogens is 254 g/mol. The lowest BCUT2D eigenvalue weighted by molar-refractivity contribution is -0.487. The zero-order valence-electron chi connectivity index (χ0n) is 11.4. The topological polar surface area (TPSA) is 60.2 Å². The van der Waals surface area contributed by atoms with Crippen molar-refractivity contribution in [3.8, 4) is 0 Å². The van der Waals surface area contributed by atoms with E-state index in [2.05, 4.69) is 0 Å². The van der Waals surface area contributed by atoms with E-state index in [1.165, 1.54) is 0 Å². The lowest BCUT2D eigenvalue weighted by Gasteiger charge is -2.24. The summed E-state index contributed by atoms with van der Waals surface area (Å²) in [7, 11) is 0. The molecule has 0 heterocycles. The number of carbonyl (C=O) groups is 1. The van der Waals surface area contributed by atoms with E-state index >= 15 is 0 Å². The van der Waals surface area contributed by atoms with Crippen LogP contribution >= 0.6 is 0 Å². The second-order valence-corrected chi connectivity index (χ2v) is 5.27. The lowest BCUT2D eigenvalue weighted by atomic mass is 9.78. The van der Waals surface area contributed by atoms with Gasteiger partial charge in [0.1, 0.15) is 5.78 Å². The van der Waals surface area contributed by atoms with Gasteiger partial charge in [-0.25, -0.2) is 0 Å². The fourth-order valence-electron chi connectivity index (χ4n) is 2.76. The minimum atomic E-state index is -0.318. The zero-order valence-corrected chi connectivity index (χ0v) is 11.4. The van der Waals surface area contributed by atoms with E-state index in [0.717, 1.165) is 24.8 Å². The van der Waals surface area contributed by atoms with Crippen LogP contribution in [0.2, 0.25) is 0 Å². The molecule has 1 aromatic rings. The molecule has 0 unspecified atom stereocenters. The summed E-state index contributed by atoms with van der Waals surface area (Å²) in [6, 6.07) is 9.67. The minimum Gasteiger partial charge on any atom is -0.299 e. The molecule has 0 bridgehead atoms. The summed E-state index contributed by atoms with van der Waals surface area (Å²) in [6.45, 7) is -0.167. The summed E-state index contributed by atoms with van der Waals surface area (Å²) < 4.78 is 0. The molecular formula is C16H19NO3. The molecule has 1 aromatic carbocycles. The molecule has 0 saturated heterocycles. The SMILES string of the molecule is O=C1CCCC[C@@H]1[C@@H](/C=C/c1ccccc1)C[N+](=O)[O-]. The van der Waals surface area contributed by atoms with Crippen LogP contribution in [0.4, 0.5) is 0 Å². The predicted octanol–water partition coefficient (Wildman–Crippen LogP) is 3.35. The standard InChI is InChI=1S/C16H19NO3/c18-16-9-5-4-8-15(16)14(12-17(19)20)11-10-13-6-2-1-3-7-13/h1-3,6-7,10-11,14-15H,4-5,8-9,12H2/b11-10+/t14-,15+/m0/s1. The Hall–Kier alpha value is -1.97. The molecule has 2 atom stereocenters. The summed E-state index contributed by atoms with van der Waals surface area (Å²) in [5, 5.41) is 10.8. The summed E-state index contributed by atoms with van der Waals surface area (Å²) in [6.07, 6.45) is 6.98. The van der Waals surface area contributed by atoms with E-state index in [0.29, 0.717) is 6.42 Å². The summed E-state index contributed by atoms with van der Waals surface area (Å²) in [5.41, 5.74) is 1.00. The van der Waals surface area contributed by atoms with E-state index in [9.17, 15) is 14.9 Å². The third-order valence-corrected chi connectivity index (χ3v) is 3.81. The van der Waals surface area contributed by atoms with Crippen LogP contribution in [-0.2, 0) is 4.79 Å². The van der Waals surface area contributed by atoms with Gasteiger partial charge < -0.3 is 0 Å². The van der Waals surface area contributed by atoms with Crippen molar-refractivity contribution in [3.05, 3.63) is 52.1 Å². The average molecular weight is 273 g/mol. The van der Waals surface area contributed by atoms with Crippen LogP contribution in [0.1, 0.15) is 31.2 Å². The van der Waals surface area contributed by atoms with E-state index in [4.69, 9.17) is 0 Å². The summed E-state index contributed by atoms with van der Waals surface area (Å²) >= 11 is 0. The molecule has 1 aliphatic carbocycles. The number of nitrogens with zero attached hydrogens (tertiary/aromatic N) is 1. The Morgan fingerprint density at radius 2 is 2.05 bits per heavy atom. The Morgan fingerprint density at radius 3 is 2.70 bits per heavy atom. The van der Waals surface area contributed by atoms with Crippen molar-refractivity contribution < 1.29 is 9.72 Å². The van der Waals surface area contributed by atoms with Crippen LogP contribution < -0.4 is 0 Å². The summed E-state index contributed by atoms with van der Waals surface area (Å²) in [4.78, 5) is 22.5. The maximum atomic E-state index is 12.0. The minimum absolute atomic E-state index is 0.167. The Balaban J connectivity index is 2.12. The van der Waals surface area contributed by atoms with Crippen LogP contribution in [0.5, 0.6) is 0 Å². The van der Waals surface area contributed by atoms with Gasteiger partial charge in [0.05, 0.1) is 5.92 Å². The number of Topliss-reactive ketones (excluding diaryl/α,β-unsaturated/α-hetero) is 1. The molecule has 1 aliphatic rings. The van der Waals surface area contributed by atoms with Crippen molar-refractivity contribution in [3.63, 3.8) is 0 Å². The third-order valence-electron chi connectivity index (χ3n) is 3.81. The number of ketones is 1. The van der Waals surface area contributed by atoms with E-state index in [-0.39, 0.29) is 29.1 Å². The van der Waals surface area contributed by atoms with Gasteiger partial charge in [-0.3, -0.25) is 14.9 Å². The number of benzene rings is 1. The molecule has 20 heavy (non-hydrogen) atoms. The Kier molecular flexibility index (Phi) is 5.04. The maximum absolute atomic E-state index is 12.0. The smallest absolute Gasteiger partial charge is 0.210 e. The van der Waals surface area contributed by atoms with Gasteiger partial charge in [-0.15, -0.1) is 0 Å². The molecule has 0 spiro atoms. The van der Waals surface area contributed by atoms with Crippen LogP contribution in [-0.4, -0.2) is 17.3 Å². The van der Waals surface area contributed by atoms with Gasteiger partial charge in [-0.05, 0) is 18.4 Å². The highest BCUT2D eigenvalue weighted by molar-refractivity contribution is 5.82. The van der Waals surface area contributed by atoms with Crippen LogP contribution in [0.25, 0.3) is 6.08 Å². The Morgan fingerprint density at radius 1 is 1.30 bits per heavy atom. The molecule has 1 saturated carbocycles. The number of rotatable bonds is 5. The fraction of sp³-hybridized carbons (Fsp3) is 0.438. The monoisotopic (exact) mass is 273 g/mol. The first-order valence-electron chi connectivity index (χ1n) is 7.04. The molecule has 0 aliphatic heterocycles. The number of nitro groups is 1. The Bertz CT molecular complexity index is 496. The van der Waals surface area contributed by atoms with Crippen molar-refractivity contribution in [2.45, 2.75) is 25.7 Å². The van der Waals surface area contributed by atoms with Gasteiger partial charge in [0.25, 0.3) is 0 Å². The van der Waals surface area contributed by atoms with Crippen molar-refractivity contribution in [1.82, 2.24) is 0 Å². The highest BCUT2D eigenvalue weighted by Crippen LogP contribution is 2.28. The molecule has 4 heteroatoms.